The Kier molecular flexibility index (Phi) is 5.67. The normalized spacial score (nSPS) is 11.6. The molecule has 0 saturated carbocycles. The van der Waals surface area contributed by atoms with Gasteiger partial charge in [-0.1, -0.05) is 23.7 Å². The van der Waals surface area contributed by atoms with Gasteiger partial charge >= 0.3 is 0 Å². The van der Waals surface area contributed by atoms with Crippen LogP contribution in [0.4, 0.5) is 5.69 Å². The average molecular weight is 320 g/mol. The highest BCUT2D eigenvalue weighted by Crippen LogP contribution is 2.24. The van der Waals surface area contributed by atoms with E-state index in [4.69, 9.17) is 21.1 Å². The molecule has 0 aromatic heterocycles. The van der Waals surface area contributed by atoms with E-state index in [0.717, 1.165) is 5.75 Å². The number of carbonyl (C=O) groups is 1. The molecule has 116 valence electrons. The van der Waals surface area contributed by atoms with Gasteiger partial charge in [0.1, 0.15) is 11.5 Å². The van der Waals surface area contributed by atoms with Crippen LogP contribution in [-0.2, 0) is 4.79 Å². The molecule has 1 atom stereocenters. The Morgan fingerprint density at radius 3 is 2.50 bits per heavy atom. The first-order valence-corrected chi connectivity index (χ1v) is 7.43. The third kappa shape index (κ3) is 4.40. The number of anilines is 1. The molecule has 4 nitrogen and oxygen atoms in total. The summed E-state index contributed by atoms with van der Waals surface area (Å²) < 4.78 is 10.9. The van der Waals surface area contributed by atoms with Crippen LogP contribution in [0.25, 0.3) is 0 Å². The SMILES string of the molecule is CCOc1ccc(NC(=O)C(C)Oc2ccccc2Cl)cc1. The van der Waals surface area contributed by atoms with Gasteiger partial charge in [0.25, 0.3) is 5.91 Å². The largest absolute Gasteiger partial charge is 0.494 e. The van der Waals surface area contributed by atoms with Crippen molar-refractivity contribution < 1.29 is 14.3 Å². The lowest BCUT2D eigenvalue weighted by Crippen LogP contribution is -2.30. The Hall–Kier alpha value is -2.20. The highest BCUT2D eigenvalue weighted by molar-refractivity contribution is 6.32. The zero-order valence-electron chi connectivity index (χ0n) is 12.5. The molecule has 1 unspecified atom stereocenters. The van der Waals surface area contributed by atoms with Crippen LogP contribution in [0.2, 0.25) is 5.02 Å². The van der Waals surface area contributed by atoms with E-state index in [-0.39, 0.29) is 5.91 Å². The Morgan fingerprint density at radius 2 is 1.86 bits per heavy atom. The Morgan fingerprint density at radius 1 is 1.18 bits per heavy atom. The number of carbonyl (C=O) groups excluding carboxylic acids is 1. The molecule has 0 saturated heterocycles. The molecule has 2 aromatic rings. The lowest BCUT2D eigenvalue weighted by Gasteiger charge is -2.15. The molecule has 0 aliphatic rings. The number of benzene rings is 2. The number of para-hydroxylation sites is 1. The lowest BCUT2D eigenvalue weighted by molar-refractivity contribution is -0.122. The number of hydrogen-bond donors (Lipinski definition) is 1. The van der Waals surface area contributed by atoms with Crippen molar-refractivity contribution in [3.05, 3.63) is 53.6 Å². The van der Waals surface area contributed by atoms with Crippen molar-refractivity contribution in [1.82, 2.24) is 0 Å². The summed E-state index contributed by atoms with van der Waals surface area (Å²) in [4.78, 5) is 12.1. The monoisotopic (exact) mass is 319 g/mol. The number of ether oxygens (including phenoxy) is 2. The van der Waals surface area contributed by atoms with Crippen LogP contribution in [0.5, 0.6) is 11.5 Å². The predicted molar refractivity (Wildman–Crippen MR) is 87.8 cm³/mol. The van der Waals surface area contributed by atoms with E-state index in [0.29, 0.717) is 23.1 Å². The van der Waals surface area contributed by atoms with Crippen LogP contribution in [-0.4, -0.2) is 18.6 Å². The molecule has 0 spiro atoms. The van der Waals surface area contributed by atoms with Crippen LogP contribution < -0.4 is 14.8 Å². The molecule has 2 aromatic carbocycles. The van der Waals surface area contributed by atoms with E-state index in [2.05, 4.69) is 5.32 Å². The van der Waals surface area contributed by atoms with Gasteiger partial charge in [-0.15, -0.1) is 0 Å². The summed E-state index contributed by atoms with van der Waals surface area (Å²) in [7, 11) is 0. The quantitative estimate of drug-likeness (QED) is 0.870. The minimum absolute atomic E-state index is 0.246. The first-order valence-electron chi connectivity index (χ1n) is 7.05. The highest BCUT2D eigenvalue weighted by Gasteiger charge is 2.16. The van der Waals surface area contributed by atoms with E-state index in [1.165, 1.54) is 0 Å². The van der Waals surface area contributed by atoms with Gasteiger partial charge in [-0.05, 0) is 50.2 Å². The fraction of sp³-hybridized carbons (Fsp3) is 0.235. The lowest BCUT2D eigenvalue weighted by atomic mass is 10.2. The van der Waals surface area contributed by atoms with Crippen molar-refractivity contribution in [2.24, 2.45) is 0 Å². The molecular weight excluding hydrogens is 302 g/mol. The number of rotatable bonds is 6. The van der Waals surface area contributed by atoms with E-state index < -0.39 is 6.10 Å². The first-order chi connectivity index (χ1) is 10.6. The van der Waals surface area contributed by atoms with Gasteiger partial charge in [-0.2, -0.15) is 0 Å². The summed E-state index contributed by atoms with van der Waals surface area (Å²) in [5.41, 5.74) is 0.683. The second-order valence-electron chi connectivity index (χ2n) is 4.64. The number of hydrogen-bond acceptors (Lipinski definition) is 3. The third-order valence-corrected chi connectivity index (χ3v) is 3.25. The van der Waals surface area contributed by atoms with Crippen LogP contribution in [0.1, 0.15) is 13.8 Å². The van der Waals surface area contributed by atoms with Gasteiger partial charge in [-0.3, -0.25) is 4.79 Å². The molecule has 5 heteroatoms. The van der Waals surface area contributed by atoms with Crippen molar-refractivity contribution in [1.29, 1.82) is 0 Å². The highest BCUT2D eigenvalue weighted by atomic mass is 35.5. The molecule has 0 aliphatic heterocycles. The van der Waals surface area contributed by atoms with Crippen molar-refractivity contribution in [2.75, 3.05) is 11.9 Å². The van der Waals surface area contributed by atoms with E-state index in [9.17, 15) is 4.79 Å². The van der Waals surface area contributed by atoms with E-state index in [1.54, 1.807) is 55.5 Å². The van der Waals surface area contributed by atoms with Gasteiger partial charge in [0, 0.05) is 5.69 Å². The van der Waals surface area contributed by atoms with Gasteiger partial charge < -0.3 is 14.8 Å². The smallest absolute Gasteiger partial charge is 0.265 e. The summed E-state index contributed by atoms with van der Waals surface area (Å²) in [5.74, 6) is 1.00. The van der Waals surface area contributed by atoms with Crippen molar-refractivity contribution >= 4 is 23.2 Å². The predicted octanol–water partition coefficient (Wildman–Crippen LogP) is 4.14. The maximum absolute atomic E-state index is 12.1. The molecule has 0 fully saturated rings. The number of amides is 1. The van der Waals surface area contributed by atoms with Gasteiger partial charge in [0.15, 0.2) is 6.10 Å². The molecule has 0 radical (unpaired) electrons. The van der Waals surface area contributed by atoms with Crippen LogP contribution >= 0.6 is 11.6 Å². The molecule has 0 heterocycles. The fourth-order valence-electron chi connectivity index (χ4n) is 1.83. The average Bonchev–Trinajstić information content (AvgIpc) is 2.51. The van der Waals surface area contributed by atoms with Gasteiger partial charge in [0.05, 0.1) is 11.6 Å². The second-order valence-corrected chi connectivity index (χ2v) is 5.04. The van der Waals surface area contributed by atoms with Crippen LogP contribution in [0, 0.1) is 0 Å². The minimum Gasteiger partial charge on any atom is -0.494 e. The third-order valence-electron chi connectivity index (χ3n) is 2.94. The van der Waals surface area contributed by atoms with Gasteiger partial charge in [-0.25, -0.2) is 0 Å². The maximum Gasteiger partial charge on any atom is 0.265 e. The van der Waals surface area contributed by atoms with Crippen molar-refractivity contribution in [2.45, 2.75) is 20.0 Å². The molecule has 0 aliphatic carbocycles. The van der Waals surface area contributed by atoms with Crippen molar-refractivity contribution in [3.8, 4) is 11.5 Å². The molecular formula is C17H18ClNO3. The first kappa shape index (κ1) is 16.2. The Balaban J connectivity index is 1.95. The van der Waals surface area contributed by atoms with E-state index >= 15 is 0 Å². The summed E-state index contributed by atoms with van der Waals surface area (Å²) >= 11 is 6.01. The fourth-order valence-corrected chi connectivity index (χ4v) is 2.01. The zero-order valence-corrected chi connectivity index (χ0v) is 13.3. The topological polar surface area (TPSA) is 47.6 Å². The molecule has 22 heavy (non-hydrogen) atoms. The summed E-state index contributed by atoms with van der Waals surface area (Å²) in [5, 5.41) is 3.26. The summed E-state index contributed by atoms with van der Waals surface area (Å²) in [6.45, 7) is 4.20. The summed E-state index contributed by atoms with van der Waals surface area (Å²) in [6, 6.07) is 14.2. The zero-order chi connectivity index (χ0) is 15.9. The Bertz CT molecular complexity index is 628. The molecule has 1 amide bonds. The van der Waals surface area contributed by atoms with E-state index in [1.807, 2.05) is 6.92 Å². The van der Waals surface area contributed by atoms with Crippen LogP contribution in [0.15, 0.2) is 48.5 Å². The number of halogens is 1. The molecule has 2 rings (SSSR count). The van der Waals surface area contributed by atoms with Crippen LogP contribution in [0.3, 0.4) is 0 Å². The van der Waals surface area contributed by atoms with Crippen molar-refractivity contribution in [3.63, 3.8) is 0 Å². The van der Waals surface area contributed by atoms with Gasteiger partial charge in [0.2, 0.25) is 0 Å². The summed E-state index contributed by atoms with van der Waals surface area (Å²) in [6.07, 6.45) is -0.661. The number of nitrogens with one attached hydrogen (secondary N) is 1. The second kappa shape index (κ2) is 7.71. The minimum atomic E-state index is -0.661. The molecule has 1 N–H and O–H groups in total. The standard InChI is InChI=1S/C17H18ClNO3/c1-3-21-14-10-8-13(9-11-14)19-17(20)12(2)22-16-7-5-4-6-15(16)18/h4-12H,3H2,1-2H3,(H,19,20). The molecule has 0 bridgehead atoms. The maximum atomic E-state index is 12.1. The Labute approximate surface area is 135 Å².